The maximum absolute atomic E-state index is 9.58. The molecule has 0 aromatic heterocycles. The molecule has 1 aromatic carbocycles. The van der Waals surface area contributed by atoms with Gasteiger partial charge in [0.05, 0.1) is 13.2 Å². The zero-order valence-electron chi connectivity index (χ0n) is 10.5. The highest BCUT2D eigenvalue weighted by atomic mass is 127. The lowest BCUT2D eigenvalue weighted by Gasteiger charge is -2.31. The van der Waals surface area contributed by atoms with Crippen LogP contribution in [0.2, 0.25) is 0 Å². The van der Waals surface area contributed by atoms with Crippen LogP contribution in [0.5, 0.6) is 0 Å². The van der Waals surface area contributed by atoms with Crippen LogP contribution < -0.4 is 0 Å². The molecular formula is C14H21IO2. The molecule has 0 unspecified atom stereocenters. The van der Waals surface area contributed by atoms with Gasteiger partial charge >= 0.3 is 0 Å². The zero-order chi connectivity index (χ0) is 12.9. The molecule has 0 atom stereocenters. The van der Waals surface area contributed by atoms with Crippen molar-refractivity contribution in [2.75, 3.05) is 13.2 Å². The number of hydrogen-bond donors (Lipinski definition) is 2. The van der Waals surface area contributed by atoms with Crippen LogP contribution in [0, 0.1) is 14.9 Å². The summed E-state index contributed by atoms with van der Waals surface area (Å²) in [6.45, 7) is 4.31. The number of benzene rings is 1. The minimum Gasteiger partial charge on any atom is -0.396 e. The van der Waals surface area contributed by atoms with Crippen LogP contribution in [0.1, 0.15) is 25.8 Å². The smallest absolute Gasteiger partial charge is 0.0512 e. The Morgan fingerprint density at radius 3 is 2.06 bits per heavy atom. The summed E-state index contributed by atoms with van der Waals surface area (Å²) in [6.07, 6.45) is 1.57. The second-order valence-electron chi connectivity index (χ2n) is 5.22. The van der Waals surface area contributed by atoms with Crippen molar-refractivity contribution < 1.29 is 10.2 Å². The molecule has 96 valence electrons. The van der Waals surface area contributed by atoms with Gasteiger partial charge in [-0.15, -0.1) is 0 Å². The second kappa shape index (κ2) is 6.71. The van der Waals surface area contributed by atoms with E-state index in [0.29, 0.717) is 5.92 Å². The van der Waals surface area contributed by atoms with Gasteiger partial charge in [0.25, 0.3) is 0 Å². The summed E-state index contributed by atoms with van der Waals surface area (Å²) in [4.78, 5) is 0. The SMILES string of the molecule is CC(C)CC(CO)(CO)Cc1ccc(I)cc1. The van der Waals surface area contributed by atoms with Gasteiger partial charge in [-0.2, -0.15) is 0 Å². The molecule has 0 aliphatic rings. The number of aliphatic hydroxyl groups is 2. The number of rotatable bonds is 6. The minimum atomic E-state index is -0.388. The summed E-state index contributed by atoms with van der Waals surface area (Å²) >= 11 is 2.27. The van der Waals surface area contributed by atoms with Gasteiger partial charge in [-0.3, -0.25) is 0 Å². The Kier molecular flexibility index (Phi) is 5.89. The number of aliphatic hydroxyl groups excluding tert-OH is 2. The molecule has 0 radical (unpaired) electrons. The summed E-state index contributed by atoms with van der Waals surface area (Å²) in [7, 11) is 0. The van der Waals surface area contributed by atoms with Gasteiger partial charge in [0.2, 0.25) is 0 Å². The Morgan fingerprint density at radius 1 is 1.12 bits per heavy atom. The van der Waals surface area contributed by atoms with Gasteiger partial charge in [-0.1, -0.05) is 26.0 Å². The summed E-state index contributed by atoms with van der Waals surface area (Å²) in [6, 6.07) is 8.26. The molecule has 0 amide bonds. The molecule has 17 heavy (non-hydrogen) atoms. The van der Waals surface area contributed by atoms with E-state index in [1.165, 1.54) is 9.13 Å². The van der Waals surface area contributed by atoms with Crippen LogP contribution in [-0.4, -0.2) is 23.4 Å². The molecule has 3 heteroatoms. The lowest BCUT2D eigenvalue weighted by atomic mass is 9.76. The molecule has 0 aliphatic carbocycles. The standard InChI is InChI=1S/C14H21IO2/c1-11(2)7-14(9-16,10-17)8-12-3-5-13(15)6-4-12/h3-6,11,16-17H,7-10H2,1-2H3. The summed E-state index contributed by atoms with van der Waals surface area (Å²) < 4.78 is 1.20. The topological polar surface area (TPSA) is 40.5 Å². The van der Waals surface area contributed by atoms with Crippen LogP contribution in [0.15, 0.2) is 24.3 Å². The Labute approximate surface area is 117 Å². The van der Waals surface area contributed by atoms with E-state index in [-0.39, 0.29) is 18.6 Å². The quantitative estimate of drug-likeness (QED) is 0.777. The van der Waals surface area contributed by atoms with Crippen LogP contribution in [0.3, 0.4) is 0 Å². The molecule has 1 rings (SSSR count). The van der Waals surface area contributed by atoms with Crippen LogP contribution >= 0.6 is 22.6 Å². The minimum absolute atomic E-state index is 0.0354. The maximum atomic E-state index is 9.58. The van der Waals surface area contributed by atoms with E-state index in [2.05, 4.69) is 60.7 Å². The van der Waals surface area contributed by atoms with Crippen molar-refractivity contribution in [3.05, 3.63) is 33.4 Å². The highest BCUT2D eigenvalue weighted by molar-refractivity contribution is 14.1. The van der Waals surface area contributed by atoms with Crippen molar-refractivity contribution >= 4 is 22.6 Å². The van der Waals surface area contributed by atoms with Gasteiger partial charge in [0.1, 0.15) is 0 Å². The Hall–Kier alpha value is -0.130. The fourth-order valence-corrected chi connectivity index (χ4v) is 2.62. The Balaban J connectivity index is 2.82. The van der Waals surface area contributed by atoms with E-state index in [0.717, 1.165) is 12.8 Å². The number of hydrogen-bond acceptors (Lipinski definition) is 2. The molecule has 2 N–H and O–H groups in total. The van der Waals surface area contributed by atoms with Crippen molar-refractivity contribution in [1.82, 2.24) is 0 Å². The van der Waals surface area contributed by atoms with Crippen molar-refractivity contribution in [3.8, 4) is 0 Å². The number of halogens is 1. The van der Waals surface area contributed by atoms with Crippen molar-refractivity contribution in [1.29, 1.82) is 0 Å². The third-order valence-corrected chi connectivity index (χ3v) is 3.72. The third-order valence-electron chi connectivity index (χ3n) is 3.00. The summed E-state index contributed by atoms with van der Waals surface area (Å²) in [5.41, 5.74) is 0.787. The van der Waals surface area contributed by atoms with E-state index in [9.17, 15) is 10.2 Å². The fraction of sp³-hybridized carbons (Fsp3) is 0.571. The summed E-state index contributed by atoms with van der Waals surface area (Å²) in [5.74, 6) is 0.471. The highest BCUT2D eigenvalue weighted by Gasteiger charge is 2.29. The van der Waals surface area contributed by atoms with Gasteiger partial charge in [-0.25, -0.2) is 0 Å². The largest absolute Gasteiger partial charge is 0.396 e. The third kappa shape index (κ3) is 4.56. The average Bonchev–Trinajstić information content (AvgIpc) is 2.30. The van der Waals surface area contributed by atoms with E-state index in [1.807, 2.05) is 0 Å². The molecule has 0 saturated heterocycles. The lowest BCUT2D eigenvalue weighted by Crippen LogP contribution is -2.34. The Morgan fingerprint density at radius 2 is 1.65 bits per heavy atom. The molecule has 0 bridgehead atoms. The van der Waals surface area contributed by atoms with Crippen LogP contribution in [-0.2, 0) is 6.42 Å². The highest BCUT2D eigenvalue weighted by Crippen LogP contribution is 2.30. The monoisotopic (exact) mass is 348 g/mol. The van der Waals surface area contributed by atoms with E-state index in [4.69, 9.17) is 0 Å². The normalized spacial score (nSPS) is 12.1. The van der Waals surface area contributed by atoms with Crippen LogP contribution in [0.25, 0.3) is 0 Å². The maximum Gasteiger partial charge on any atom is 0.0512 e. The van der Waals surface area contributed by atoms with Crippen molar-refractivity contribution in [3.63, 3.8) is 0 Å². The predicted octanol–water partition coefficient (Wildman–Crippen LogP) is 2.85. The first-order valence-electron chi connectivity index (χ1n) is 5.97. The van der Waals surface area contributed by atoms with E-state index < -0.39 is 0 Å². The molecule has 0 aliphatic heterocycles. The average molecular weight is 348 g/mol. The van der Waals surface area contributed by atoms with Crippen LogP contribution in [0.4, 0.5) is 0 Å². The molecule has 0 heterocycles. The molecule has 1 aromatic rings. The van der Waals surface area contributed by atoms with Crippen molar-refractivity contribution in [2.45, 2.75) is 26.7 Å². The van der Waals surface area contributed by atoms with Gasteiger partial charge in [0.15, 0.2) is 0 Å². The Bertz CT molecular complexity index is 329. The molecule has 0 fully saturated rings. The lowest BCUT2D eigenvalue weighted by molar-refractivity contribution is 0.0369. The molecule has 0 spiro atoms. The van der Waals surface area contributed by atoms with Gasteiger partial charge in [0, 0.05) is 8.99 Å². The van der Waals surface area contributed by atoms with Gasteiger partial charge in [-0.05, 0) is 59.0 Å². The molecule has 0 saturated carbocycles. The molecular weight excluding hydrogens is 327 g/mol. The molecule has 2 nitrogen and oxygen atoms in total. The fourth-order valence-electron chi connectivity index (χ4n) is 2.26. The first-order chi connectivity index (χ1) is 8.01. The first kappa shape index (κ1) is 14.9. The van der Waals surface area contributed by atoms with E-state index in [1.54, 1.807) is 0 Å². The zero-order valence-corrected chi connectivity index (χ0v) is 12.6. The predicted molar refractivity (Wildman–Crippen MR) is 78.9 cm³/mol. The summed E-state index contributed by atoms with van der Waals surface area (Å²) in [5, 5.41) is 19.2. The second-order valence-corrected chi connectivity index (χ2v) is 6.46. The van der Waals surface area contributed by atoms with Gasteiger partial charge < -0.3 is 10.2 Å². The van der Waals surface area contributed by atoms with E-state index >= 15 is 0 Å². The first-order valence-corrected chi connectivity index (χ1v) is 7.05. The van der Waals surface area contributed by atoms with Crippen molar-refractivity contribution in [2.24, 2.45) is 11.3 Å².